The highest BCUT2D eigenvalue weighted by molar-refractivity contribution is 7.54. The lowest BCUT2D eigenvalue weighted by molar-refractivity contribution is 0.158. The molecule has 7 heteroatoms. The van der Waals surface area contributed by atoms with Crippen LogP contribution in [0.15, 0.2) is 12.1 Å². The van der Waals surface area contributed by atoms with Gasteiger partial charge in [0.25, 0.3) is 0 Å². The zero-order chi connectivity index (χ0) is 22.8. The number of hydrogen-bond acceptors (Lipinski definition) is 5. The largest absolute Gasteiger partial charge is 0.507 e. The Morgan fingerprint density at radius 2 is 1.31 bits per heavy atom. The van der Waals surface area contributed by atoms with Crippen molar-refractivity contribution in [2.24, 2.45) is 0 Å². The molecular formula is C22H41O5PSi. The van der Waals surface area contributed by atoms with E-state index in [9.17, 15) is 9.67 Å². The molecule has 0 fully saturated rings. The lowest BCUT2D eigenvalue weighted by Gasteiger charge is -2.34. The van der Waals surface area contributed by atoms with Gasteiger partial charge in [0.1, 0.15) is 5.75 Å². The minimum Gasteiger partial charge on any atom is -0.507 e. The summed E-state index contributed by atoms with van der Waals surface area (Å²) in [5.41, 5.74) is 1.72. The average molecular weight is 445 g/mol. The lowest BCUT2D eigenvalue weighted by Crippen LogP contribution is -2.29. The van der Waals surface area contributed by atoms with Crippen LogP contribution in [0.4, 0.5) is 0 Å². The van der Waals surface area contributed by atoms with Gasteiger partial charge in [-0.2, -0.15) is 0 Å². The Hall–Kier alpha value is -0.653. The smallest absolute Gasteiger partial charge is 0.362 e. The summed E-state index contributed by atoms with van der Waals surface area (Å²) in [6.07, 6.45) is 0. The molecule has 0 aliphatic heterocycles. The van der Waals surface area contributed by atoms with E-state index in [1.807, 2.05) is 12.1 Å². The van der Waals surface area contributed by atoms with Gasteiger partial charge in [0.15, 0.2) is 14.2 Å². The predicted octanol–water partition coefficient (Wildman–Crippen LogP) is 7.10. The maximum Gasteiger partial charge on any atom is 0.362 e. The van der Waals surface area contributed by atoms with Crippen LogP contribution < -0.4 is 0 Å². The minimum atomic E-state index is -3.58. The number of benzene rings is 1. The summed E-state index contributed by atoms with van der Waals surface area (Å²) in [5.74, 6) is -0.556. The van der Waals surface area contributed by atoms with Gasteiger partial charge in [0, 0.05) is 0 Å². The second kappa shape index (κ2) is 9.23. The Bertz CT molecular complexity index is 696. The summed E-state index contributed by atoms with van der Waals surface area (Å²) in [4.78, 5) is 0. The quantitative estimate of drug-likeness (QED) is 0.342. The third-order valence-corrected chi connectivity index (χ3v) is 7.76. The van der Waals surface area contributed by atoms with Gasteiger partial charge in [-0.05, 0) is 73.1 Å². The third kappa shape index (κ3) is 6.93. The van der Waals surface area contributed by atoms with Crippen LogP contribution in [0, 0.1) is 0 Å². The van der Waals surface area contributed by atoms with Crippen molar-refractivity contribution in [2.75, 3.05) is 13.2 Å². The van der Waals surface area contributed by atoms with Gasteiger partial charge < -0.3 is 18.6 Å². The number of aromatic hydroxyl groups is 1. The van der Waals surface area contributed by atoms with Crippen molar-refractivity contribution in [3.05, 3.63) is 28.8 Å². The van der Waals surface area contributed by atoms with Gasteiger partial charge in [0.2, 0.25) is 0 Å². The normalized spacial score (nSPS) is 14.9. The van der Waals surface area contributed by atoms with Crippen LogP contribution in [0.1, 0.15) is 77.9 Å². The average Bonchev–Trinajstić information content (AvgIpc) is 2.50. The fourth-order valence-corrected chi connectivity index (χ4v) is 6.98. The van der Waals surface area contributed by atoms with Crippen molar-refractivity contribution < 1.29 is 23.1 Å². The highest BCUT2D eigenvalue weighted by Crippen LogP contribution is 2.63. The molecule has 0 radical (unpaired) electrons. The van der Waals surface area contributed by atoms with E-state index in [4.69, 9.17) is 13.5 Å². The highest BCUT2D eigenvalue weighted by atomic mass is 31.2. The van der Waals surface area contributed by atoms with Crippen LogP contribution in [-0.2, 0) is 28.9 Å². The molecule has 1 aromatic rings. The SMILES string of the molecule is CCOP(=O)(OCC)C(O[Si](C)(C)C)c1cc(C(C)(C)C)c(O)c(C(C)(C)C)c1. The summed E-state index contributed by atoms with van der Waals surface area (Å²) in [6, 6.07) is 3.81. The molecule has 1 atom stereocenters. The van der Waals surface area contributed by atoms with Gasteiger partial charge in [-0.15, -0.1) is 0 Å². The molecule has 1 N–H and O–H groups in total. The van der Waals surface area contributed by atoms with Crippen molar-refractivity contribution >= 4 is 15.9 Å². The molecule has 1 aromatic carbocycles. The molecule has 0 saturated heterocycles. The van der Waals surface area contributed by atoms with Crippen LogP contribution in [0.3, 0.4) is 0 Å². The molecule has 0 spiro atoms. The third-order valence-electron chi connectivity index (χ3n) is 4.40. The fourth-order valence-electron chi connectivity index (χ4n) is 3.13. The van der Waals surface area contributed by atoms with E-state index in [1.165, 1.54) is 0 Å². The van der Waals surface area contributed by atoms with Crippen molar-refractivity contribution in [1.82, 2.24) is 0 Å². The summed E-state index contributed by atoms with van der Waals surface area (Å²) in [5, 5.41) is 11.0. The van der Waals surface area contributed by atoms with Crippen molar-refractivity contribution in [2.45, 2.75) is 91.7 Å². The number of phenols is 1. The maximum absolute atomic E-state index is 13.8. The first-order chi connectivity index (χ1) is 13.0. The molecule has 5 nitrogen and oxygen atoms in total. The number of phenolic OH excluding ortho intramolecular Hbond substituents is 1. The van der Waals surface area contributed by atoms with E-state index in [0.717, 1.165) is 16.7 Å². The van der Waals surface area contributed by atoms with E-state index in [0.29, 0.717) is 0 Å². The van der Waals surface area contributed by atoms with Crippen LogP contribution in [0.2, 0.25) is 19.6 Å². The molecule has 0 heterocycles. The molecule has 0 saturated carbocycles. The van der Waals surface area contributed by atoms with Crippen molar-refractivity contribution in [3.8, 4) is 5.75 Å². The van der Waals surface area contributed by atoms with E-state index in [1.54, 1.807) is 13.8 Å². The topological polar surface area (TPSA) is 65.0 Å². The molecule has 1 unspecified atom stereocenters. The van der Waals surface area contributed by atoms with Crippen LogP contribution in [0.5, 0.6) is 5.75 Å². The Balaban J connectivity index is 3.86. The molecular weight excluding hydrogens is 403 g/mol. The van der Waals surface area contributed by atoms with Crippen LogP contribution in [-0.4, -0.2) is 26.6 Å². The summed E-state index contributed by atoms with van der Waals surface area (Å²) >= 11 is 0. The first kappa shape index (κ1) is 26.4. The Morgan fingerprint density at radius 3 is 1.59 bits per heavy atom. The predicted molar refractivity (Wildman–Crippen MR) is 124 cm³/mol. The van der Waals surface area contributed by atoms with E-state index in [2.05, 4.69) is 61.2 Å². The molecule has 0 aromatic heterocycles. The Morgan fingerprint density at radius 1 is 0.931 bits per heavy atom. The molecule has 0 aliphatic rings. The van der Waals surface area contributed by atoms with E-state index >= 15 is 0 Å². The van der Waals surface area contributed by atoms with Gasteiger partial charge in [-0.1, -0.05) is 41.5 Å². The maximum atomic E-state index is 13.8. The van der Waals surface area contributed by atoms with Crippen LogP contribution in [0.25, 0.3) is 0 Å². The zero-order valence-corrected chi connectivity index (χ0v) is 22.1. The zero-order valence-electron chi connectivity index (χ0n) is 20.2. The fraction of sp³-hybridized carbons (Fsp3) is 0.727. The van der Waals surface area contributed by atoms with Gasteiger partial charge in [-0.3, -0.25) is 4.57 Å². The molecule has 168 valence electrons. The molecule has 1 rings (SSSR count). The highest BCUT2D eigenvalue weighted by Gasteiger charge is 2.42. The first-order valence-corrected chi connectivity index (χ1v) is 15.4. The van der Waals surface area contributed by atoms with Crippen molar-refractivity contribution in [1.29, 1.82) is 0 Å². The summed E-state index contributed by atoms with van der Waals surface area (Å²) in [7, 11) is -5.68. The summed E-state index contributed by atoms with van der Waals surface area (Å²) in [6.45, 7) is 22.6. The van der Waals surface area contributed by atoms with E-state index < -0.39 is 21.8 Å². The standard InChI is InChI=1S/C22H41O5PSi/c1-12-25-28(24,26-13-2)20(27-29(9,10)11)16-14-17(21(3,4)5)19(23)18(15-16)22(6,7)8/h14-15,20,23H,12-13H2,1-11H3. The van der Waals surface area contributed by atoms with Crippen LogP contribution >= 0.6 is 7.60 Å². The number of rotatable bonds is 8. The first-order valence-electron chi connectivity index (χ1n) is 10.4. The second-order valence-electron chi connectivity index (χ2n) is 10.4. The van der Waals surface area contributed by atoms with Crippen molar-refractivity contribution in [3.63, 3.8) is 0 Å². The number of hydrogen-bond donors (Lipinski definition) is 1. The van der Waals surface area contributed by atoms with Gasteiger partial charge >= 0.3 is 7.60 Å². The molecule has 29 heavy (non-hydrogen) atoms. The monoisotopic (exact) mass is 444 g/mol. The lowest BCUT2D eigenvalue weighted by atomic mass is 9.78. The molecule has 0 aliphatic carbocycles. The molecule has 0 bridgehead atoms. The summed E-state index contributed by atoms with van der Waals surface area (Å²) < 4.78 is 31.6. The van der Waals surface area contributed by atoms with Gasteiger partial charge in [-0.25, -0.2) is 0 Å². The minimum absolute atomic E-state index is 0.263. The Labute approximate surface area is 178 Å². The molecule has 0 amide bonds. The van der Waals surface area contributed by atoms with Gasteiger partial charge in [0.05, 0.1) is 13.2 Å². The Kier molecular flexibility index (Phi) is 8.40. The van der Waals surface area contributed by atoms with E-state index in [-0.39, 0.29) is 29.8 Å². The second-order valence-corrected chi connectivity index (χ2v) is 16.9.